The van der Waals surface area contributed by atoms with Crippen LogP contribution in [0.2, 0.25) is 0 Å². The molecule has 1 atom stereocenters. The van der Waals surface area contributed by atoms with Crippen molar-refractivity contribution in [2.75, 3.05) is 0 Å². The highest BCUT2D eigenvalue weighted by Crippen LogP contribution is 2.07. The lowest BCUT2D eigenvalue weighted by Gasteiger charge is -1.89. The van der Waals surface area contributed by atoms with Crippen LogP contribution in [0.1, 0.15) is 6.92 Å². The van der Waals surface area contributed by atoms with Gasteiger partial charge in [0.15, 0.2) is 0 Å². The number of allylic oxidation sites excluding steroid dienone is 1. The van der Waals surface area contributed by atoms with Crippen molar-refractivity contribution >= 4 is 38.5 Å². The molecule has 0 aliphatic carbocycles. The first-order valence-corrected chi connectivity index (χ1v) is 8.08. The zero-order valence-corrected chi connectivity index (χ0v) is 7.61. The van der Waals surface area contributed by atoms with Crippen LogP contribution in [0, 0.1) is 0 Å². The Morgan fingerprint density at radius 3 is 2.17 bits per heavy atom. The SMILES string of the molecule is C=C(C)[SiH](Cl)I. The molecule has 0 bridgehead atoms. The molecular formula is C3H6ClISi. The predicted molar refractivity (Wildman–Crippen MR) is 41.8 cm³/mol. The maximum absolute atomic E-state index is 5.64. The lowest BCUT2D eigenvalue weighted by molar-refractivity contribution is 1.71. The molecule has 6 heavy (non-hydrogen) atoms. The van der Waals surface area contributed by atoms with Crippen LogP contribution < -0.4 is 0 Å². The Kier molecular flexibility index (Phi) is 3.54. The molecule has 0 saturated heterocycles. The highest BCUT2D eigenvalue weighted by Gasteiger charge is 1.97. The van der Waals surface area contributed by atoms with Crippen LogP contribution in [0.25, 0.3) is 0 Å². The van der Waals surface area contributed by atoms with E-state index in [9.17, 15) is 0 Å². The molecule has 36 valence electrons. The molecule has 0 fully saturated rings. The van der Waals surface area contributed by atoms with E-state index in [1.807, 2.05) is 6.92 Å². The molecule has 0 radical (unpaired) electrons. The van der Waals surface area contributed by atoms with Gasteiger partial charge in [0.25, 0.3) is 0 Å². The van der Waals surface area contributed by atoms with E-state index in [-0.39, 0.29) is 0 Å². The Labute approximate surface area is 57.1 Å². The van der Waals surface area contributed by atoms with Crippen molar-refractivity contribution < 1.29 is 0 Å². The summed E-state index contributed by atoms with van der Waals surface area (Å²) in [5, 5.41) is 1.15. The van der Waals surface area contributed by atoms with E-state index < -0.39 is 5.60 Å². The number of hydrogen-bond donors (Lipinski definition) is 0. The minimum absolute atomic E-state index is 0.996. The maximum atomic E-state index is 5.64. The molecule has 0 aliphatic heterocycles. The van der Waals surface area contributed by atoms with E-state index >= 15 is 0 Å². The van der Waals surface area contributed by atoms with E-state index in [2.05, 4.69) is 28.4 Å². The van der Waals surface area contributed by atoms with E-state index in [4.69, 9.17) is 11.1 Å². The fourth-order valence-electron chi connectivity index (χ4n) is 0. The third-order valence-electron chi connectivity index (χ3n) is 0.373. The molecule has 1 unspecified atom stereocenters. The second-order valence-electron chi connectivity index (χ2n) is 1.15. The summed E-state index contributed by atoms with van der Waals surface area (Å²) in [6.45, 7) is 5.65. The molecule has 0 N–H and O–H groups in total. The lowest BCUT2D eigenvalue weighted by Crippen LogP contribution is -1.89. The van der Waals surface area contributed by atoms with Crippen LogP contribution >= 0.6 is 32.9 Å². The summed E-state index contributed by atoms with van der Waals surface area (Å²) in [5.74, 6) is 0. The molecule has 0 aromatic carbocycles. The van der Waals surface area contributed by atoms with Crippen LogP contribution in [0.5, 0.6) is 0 Å². The van der Waals surface area contributed by atoms with Crippen LogP contribution in [-0.2, 0) is 0 Å². The number of hydrogen-bond acceptors (Lipinski definition) is 0. The number of halogens is 2. The Balaban J connectivity index is 3.26. The second-order valence-corrected chi connectivity index (χ2v) is 9.99. The zero-order chi connectivity index (χ0) is 5.15. The average Bonchev–Trinajstić information content (AvgIpc) is 1.36. The molecule has 0 amide bonds. The highest BCUT2D eigenvalue weighted by atomic mass is 127. The Morgan fingerprint density at radius 1 is 2.00 bits per heavy atom. The minimum atomic E-state index is -0.996. The van der Waals surface area contributed by atoms with Gasteiger partial charge in [-0.2, -0.15) is 11.1 Å². The molecule has 0 aliphatic rings. The summed E-state index contributed by atoms with van der Waals surface area (Å²) in [4.78, 5) is 0. The van der Waals surface area contributed by atoms with Crippen molar-refractivity contribution in [3.8, 4) is 0 Å². The van der Waals surface area contributed by atoms with Gasteiger partial charge in [-0.3, -0.25) is 0 Å². The minimum Gasteiger partial charge on any atom is -0.152 e. The standard InChI is InChI=1S/C3H6ClISi/c1-3(2)6(4)5/h6H,1H2,2H3. The van der Waals surface area contributed by atoms with Crippen molar-refractivity contribution in [2.45, 2.75) is 6.92 Å². The third-order valence-corrected chi connectivity index (χ3v) is 5.42. The van der Waals surface area contributed by atoms with Gasteiger partial charge in [-0.05, 0) is 6.92 Å². The summed E-state index contributed by atoms with van der Waals surface area (Å²) >= 11 is 7.88. The van der Waals surface area contributed by atoms with Gasteiger partial charge in [-0.15, -0.1) is 6.58 Å². The van der Waals surface area contributed by atoms with Gasteiger partial charge in [0.1, 0.15) is 0 Å². The summed E-state index contributed by atoms with van der Waals surface area (Å²) in [7, 11) is 0. The molecule has 0 rings (SSSR count). The molecule has 0 saturated carbocycles. The summed E-state index contributed by atoms with van der Waals surface area (Å²) in [5.41, 5.74) is -0.996. The van der Waals surface area contributed by atoms with Crippen LogP contribution in [0.3, 0.4) is 0 Å². The summed E-state index contributed by atoms with van der Waals surface area (Å²) < 4.78 is 0. The predicted octanol–water partition coefficient (Wildman–Crippen LogP) is 2.00. The van der Waals surface area contributed by atoms with E-state index in [1.54, 1.807) is 0 Å². The van der Waals surface area contributed by atoms with Crippen LogP contribution in [0.15, 0.2) is 11.8 Å². The van der Waals surface area contributed by atoms with Crippen molar-refractivity contribution in [1.29, 1.82) is 0 Å². The van der Waals surface area contributed by atoms with E-state index in [1.165, 1.54) is 0 Å². The van der Waals surface area contributed by atoms with Crippen molar-refractivity contribution in [2.24, 2.45) is 0 Å². The monoisotopic (exact) mass is 232 g/mol. The van der Waals surface area contributed by atoms with E-state index in [0.717, 1.165) is 5.20 Å². The normalized spacial score (nSPS) is 13.8. The van der Waals surface area contributed by atoms with Crippen molar-refractivity contribution in [3.05, 3.63) is 11.8 Å². The van der Waals surface area contributed by atoms with Gasteiger partial charge in [0.05, 0.1) is 0 Å². The fraction of sp³-hybridized carbons (Fsp3) is 0.333. The molecule has 0 aromatic heterocycles. The molecule has 0 spiro atoms. The Hall–Kier alpha value is 0.977. The molecular weight excluding hydrogens is 226 g/mol. The van der Waals surface area contributed by atoms with Gasteiger partial charge < -0.3 is 0 Å². The van der Waals surface area contributed by atoms with Crippen molar-refractivity contribution in [1.82, 2.24) is 0 Å². The van der Waals surface area contributed by atoms with Crippen molar-refractivity contribution in [3.63, 3.8) is 0 Å². The molecule has 0 aromatic rings. The fourth-order valence-corrected chi connectivity index (χ4v) is 0. The van der Waals surface area contributed by atoms with Gasteiger partial charge >= 0.3 is 0 Å². The lowest BCUT2D eigenvalue weighted by atomic mass is 10.8. The first kappa shape index (κ1) is 6.98. The topological polar surface area (TPSA) is 0 Å². The molecule has 3 heteroatoms. The Morgan fingerprint density at radius 2 is 2.17 bits per heavy atom. The Bertz CT molecular complexity index is 61.8. The molecule has 0 heterocycles. The van der Waals surface area contributed by atoms with Crippen LogP contribution in [-0.4, -0.2) is 5.60 Å². The van der Waals surface area contributed by atoms with Gasteiger partial charge in [-0.1, -0.05) is 27.0 Å². The zero-order valence-electron chi connectivity index (χ0n) is 3.54. The second kappa shape index (κ2) is 3.04. The average molecular weight is 233 g/mol. The smallest absolute Gasteiger partial charge is 0.152 e. The first-order valence-electron chi connectivity index (χ1n) is 1.58. The van der Waals surface area contributed by atoms with Gasteiger partial charge in [-0.25, -0.2) is 0 Å². The summed E-state index contributed by atoms with van der Waals surface area (Å²) in [6, 6.07) is 0. The van der Waals surface area contributed by atoms with Gasteiger partial charge in [0.2, 0.25) is 5.60 Å². The van der Waals surface area contributed by atoms with E-state index in [0.29, 0.717) is 0 Å². The van der Waals surface area contributed by atoms with Crippen LogP contribution in [0.4, 0.5) is 0 Å². The summed E-state index contributed by atoms with van der Waals surface area (Å²) in [6.07, 6.45) is 0. The first-order chi connectivity index (χ1) is 2.64. The highest BCUT2D eigenvalue weighted by molar-refractivity contribution is 14.1. The third kappa shape index (κ3) is 3.18. The largest absolute Gasteiger partial charge is 0.231 e. The maximum Gasteiger partial charge on any atom is 0.231 e. The van der Waals surface area contributed by atoms with Gasteiger partial charge in [0, 0.05) is 0 Å². The number of rotatable bonds is 1. The quantitative estimate of drug-likeness (QED) is 0.369. The molecule has 0 nitrogen and oxygen atoms in total.